The SMILES string of the molecule is CC1(C)CCC[C@]2(C)[C@@H](C=O)C(C(=O)O)=CC[C@@H]12. The van der Waals surface area contributed by atoms with Crippen LogP contribution < -0.4 is 0 Å². The van der Waals surface area contributed by atoms with E-state index in [1.54, 1.807) is 6.08 Å². The largest absolute Gasteiger partial charge is 0.478 e. The van der Waals surface area contributed by atoms with Crippen LogP contribution in [0.5, 0.6) is 0 Å². The van der Waals surface area contributed by atoms with Crippen LogP contribution in [-0.2, 0) is 9.59 Å². The maximum absolute atomic E-state index is 11.4. The van der Waals surface area contributed by atoms with E-state index < -0.39 is 11.9 Å². The van der Waals surface area contributed by atoms with Crippen molar-refractivity contribution in [2.75, 3.05) is 0 Å². The van der Waals surface area contributed by atoms with Gasteiger partial charge in [-0.25, -0.2) is 4.79 Å². The Morgan fingerprint density at radius 2 is 2.06 bits per heavy atom. The van der Waals surface area contributed by atoms with E-state index >= 15 is 0 Å². The van der Waals surface area contributed by atoms with Gasteiger partial charge in [-0.2, -0.15) is 0 Å². The van der Waals surface area contributed by atoms with Gasteiger partial charge in [0.05, 0.1) is 5.92 Å². The average Bonchev–Trinajstić information content (AvgIpc) is 2.26. The fraction of sp³-hybridized carbons (Fsp3) is 0.733. The molecule has 1 fully saturated rings. The molecular formula is C15H22O3. The summed E-state index contributed by atoms with van der Waals surface area (Å²) < 4.78 is 0. The molecule has 0 aliphatic heterocycles. The van der Waals surface area contributed by atoms with E-state index in [2.05, 4.69) is 20.8 Å². The topological polar surface area (TPSA) is 54.4 Å². The van der Waals surface area contributed by atoms with Gasteiger partial charge in [0, 0.05) is 5.57 Å². The first-order chi connectivity index (χ1) is 8.33. The number of hydrogen-bond acceptors (Lipinski definition) is 2. The molecule has 0 saturated heterocycles. The molecule has 0 aromatic carbocycles. The van der Waals surface area contributed by atoms with Crippen molar-refractivity contribution in [2.45, 2.75) is 46.5 Å². The number of aliphatic carboxylic acids is 1. The van der Waals surface area contributed by atoms with E-state index in [9.17, 15) is 14.7 Å². The van der Waals surface area contributed by atoms with Gasteiger partial charge in [-0.15, -0.1) is 0 Å². The van der Waals surface area contributed by atoms with Crippen LogP contribution in [0.2, 0.25) is 0 Å². The second-order valence-corrected chi connectivity index (χ2v) is 6.71. The zero-order valence-electron chi connectivity index (χ0n) is 11.4. The van der Waals surface area contributed by atoms with Crippen molar-refractivity contribution in [3.63, 3.8) is 0 Å². The van der Waals surface area contributed by atoms with Crippen LogP contribution in [0.3, 0.4) is 0 Å². The first-order valence-corrected chi connectivity index (χ1v) is 6.71. The molecule has 0 aromatic heterocycles. The Morgan fingerprint density at radius 1 is 1.39 bits per heavy atom. The van der Waals surface area contributed by atoms with Crippen LogP contribution in [0, 0.1) is 22.7 Å². The summed E-state index contributed by atoms with van der Waals surface area (Å²) in [5.41, 5.74) is 0.308. The third-order valence-corrected chi connectivity index (χ3v) is 5.28. The number of fused-ring (bicyclic) bond motifs is 1. The molecule has 3 atom stereocenters. The molecule has 100 valence electrons. The standard InChI is InChI=1S/C15H22O3/c1-14(2)7-4-8-15(3)11(9-16)10(13(17)18)5-6-12(14)15/h5,9,11-12H,4,6-8H2,1-3H3,(H,17,18)/t11-,12-,15+/m0/s1. The molecule has 2 aliphatic rings. The van der Waals surface area contributed by atoms with E-state index in [-0.39, 0.29) is 10.8 Å². The Labute approximate surface area is 108 Å². The van der Waals surface area contributed by atoms with E-state index in [0.717, 1.165) is 32.0 Å². The molecule has 0 spiro atoms. The second-order valence-electron chi connectivity index (χ2n) is 6.71. The van der Waals surface area contributed by atoms with Gasteiger partial charge < -0.3 is 9.90 Å². The summed E-state index contributed by atoms with van der Waals surface area (Å²) in [4.78, 5) is 22.7. The smallest absolute Gasteiger partial charge is 0.331 e. The first-order valence-electron chi connectivity index (χ1n) is 6.71. The molecule has 1 saturated carbocycles. The highest BCUT2D eigenvalue weighted by atomic mass is 16.4. The number of carboxylic acid groups (broad SMARTS) is 1. The fourth-order valence-corrected chi connectivity index (χ4v) is 4.30. The minimum absolute atomic E-state index is 0.189. The minimum atomic E-state index is -0.935. The van der Waals surface area contributed by atoms with E-state index in [0.29, 0.717) is 11.5 Å². The highest BCUT2D eigenvalue weighted by Crippen LogP contribution is 2.59. The van der Waals surface area contributed by atoms with Crippen molar-refractivity contribution in [1.29, 1.82) is 0 Å². The lowest BCUT2D eigenvalue weighted by Gasteiger charge is -2.55. The van der Waals surface area contributed by atoms with Crippen LogP contribution in [0.25, 0.3) is 0 Å². The summed E-state index contributed by atoms with van der Waals surface area (Å²) in [6, 6.07) is 0. The molecule has 3 nitrogen and oxygen atoms in total. The number of allylic oxidation sites excluding steroid dienone is 1. The lowest BCUT2D eigenvalue weighted by atomic mass is 9.49. The van der Waals surface area contributed by atoms with Crippen molar-refractivity contribution in [1.82, 2.24) is 0 Å². The molecule has 2 rings (SSSR count). The van der Waals surface area contributed by atoms with E-state index in [1.165, 1.54) is 0 Å². The number of carbonyl (C=O) groups excluding carboxylic acids is 1. The lowest BCUT2D eigenvalue weighted by molar-refractivity contribution is -0.138. The molecule has 3 heteroatoms. The van der Waals surface area contributed by atoms with Crippen molar-refractivity contribution < 1.29 is 14.7 Å². The van der Waals surface area contributed by atoms with E-state index in [4.69, 9.17) is 0 Å². The highest BCUT2D eigenvalue weighted by molar-refractivity contribution is 5.92. The second kappa shape index (κ2) is 4.22. The number of rotatable bonds is 2. The first kappa shape index (κ1) is 13.3. The van der Waals surface area contributed by atoms with Crippen molar-refractivity contribution in [3.05, 3.63) is 11.6 Å². The third kappa shape index (κ3) is 1.80. The molecular weight excluding hydrogens is 228 g/mol. The Hall–Kier alpha value is -1.12. The van der Waals surface area contributed by atoms with Crippen LogP contribution >= 0.6 is 0 Å². The summed E-state index contributed by atoms with van der Waals surface area (Å²) >= 11 is 0. The van der Waals surface area contributed by atoms with E-state index in [1.807, 2.05) is 0 Å². The quantitative estimate of drug-likeness (QED) is 0.766. The van der Waals surface area contributed by atoms with Gasteiger partial charge in [-0.05, 0) is 36.0 Å². The predicted octanol–water partition coefficient (Wildman–Crippen LogP) is 3.05. The number of hydrogen-bond donors (Lipinski definition) is 1. The lowest BCUT2D eigenvalue weighted by Crippen LogP contribution is -2.50. The number of carbonyl (C=O) groups is 2. The Balaban J connectivity index is 2.47. The third-order valence-electron chi connectivity index (χ3n) is 5.28. The molecule has 18 heavy (non-hydrogen) atoms. The van der Waals surface area contributed by atoms with Gasteiger partial charge in [0.25, 0.3) is 0 Å². The molecule has 0 bridgehead atoms. The Bertz CT molecular complexity index is 408. The molecule has 0 unspecified atom stereocenters. The zero-order chi connectivity index (χ0) is 13.6. The average molecular weight is 250 g/mol. The van der Waals surface area contributed by atoms with Gasteiger partial charge in [0.2, 0.25) is 0 Å². The molecule has 0 radical (unpaired) electrons. The summed E-state index contributed by atoms with van der Waals surface area (Å²) in [7, 11) is 0. The normalized spacial score (nSPS) is 38.5. The molecule has 0 heterocycles. The number of aldehydes is 1. The van der Waals surface area contributed by atoms with Gasteiger partial charge in [0.15, 0.2) is 0 Å². The summed E-state index contributed by atoms with van der Waals surface area (Å²) in [6.45, 7) is 6.60. The monoisotopic (exact) mass is 250 g/mol. The Kier molecular flexibility index (Phi) is 3.12. The fourth-order valence-electron chi connectivity index (χ4n) is 4.30. The molecule has 0 aromatic rings. The summed E-state index contributed by atoms with van der Waals surface area (Å²) in [5.74, 6) is -0.986. The maximum atomic E-state index is 11.4. The van der Waals surface area contributed by atoms with Crippen LogP contribution in [0.15, 0.2) is 11.6 Å². The molecule has 2 aliphatic carbocycles. The predicted molar refractivity (Wildman–Crippen MR) is 69.1 cm³/mol. The van der Waals surface area contributed by atoms with Gasteiger partial charge in [0.1, 0.15) is 6.29 Å². The number of carboxylic acids is 1. The van der Waals surface area contributed by atoms with Crippen molar-refractivity contribution in [2.24, 2.45) is 22.7 Å². The van der Waals surface area contributed by atoms with Gasteiger partial charge in [-0.1, -0.05) is 33.3 Å². The molecule has 0 amide bonds. The summed E-state index contributed by atoms with van der Waals surface area (Å²) in [5, 5.41) is 9.25. The van der Waals surface area contributed by atoms with Gasteiger partial charge in [-0.3, -0.25) is 0 Å². The maximum Gasteiger partial charge on any atom is 0.331 e. The van der Waals surface area contributed by atoms with Crippen molar-refractivity contribution >= 4 is 12.3 Å². The van der Waals surface area contributed by atoms with Gasteiger partial charge >= 0.3 is 5.97 Å². The zero-order valence-corrected chi connectivity index (χ0v) is 11.4. The van der Waals surface area contributed by atoms with Crippen LogP contribution in [0.1, 0.15) is 46.5 Å². The highest BCUT2D eigenvalue weighted by Gasteiger charge is 2.53. The minimum Gasteiger partial charge on any atom is -0.478 e. The Morgan fingerprint density at radius 3 is 2.61 bits per heavy atom. The van der Waals surface area contributed by atoms with Crippen LogP contribution in [0.4, 0.5) is 0 Å². The van der Waals surface area contributed by atoms with Crippen LogP contribution in [-0.4, -0.2) is 17.4 Å². The van der Waals surface area contributed by atoms with Crippen molar-refractivity contribution in [3.8, 4) is 0 Å². The summed E-state index contributed by atoms with van der Waals surface area (Å²) in [6.07, 6.45) is 6.62. The molecule has 1 N–H and O–H groups in total.